The monoisotopic (exact) mass is 550 g/mol. The summed E-state index contributed by atoms with van der Waals surface area (Å²) in [5, 5.41) is 0. The third-order valence-corrected chi connectivity index (χ3v) is 10.0. The molecule has 0 saturated carbocycles. The van der Waals surface area contributed by atoms with E-state index >= 15 is 0 Å². The molecule has 0 saturated heterocycles. The Bertz CT molecular complexity index is 1070. The van der Waals surface area contributed by atoms with Crippen molar-refractivity contribution in [3.05, 3.63) is 71.3 Å². The average Bonchev–Trinajstić information content (AvgIpc) is 2.89. The van der Waals surface area contributed by atoms with Crippen LogP contribution in [0, 0.1) is 24.7 Å². The minimum absolute atomic E-state index is 0.100. The van der Waals surface area contributed by atoms with Crippen molar-refractivity contribution in [3.8, 4) is 5.75 Å². The summed E-state index contributed by atoms with van der Waals surface area (Å²) in [5.74, 6) is 4.03. The van der Waals surface area contributed by atoms with Gasteiger partial charge in [-0.15, -0.1) is 0 Å². The van der Waals surface area contributed by atoms with Gasteiger partial charge in [0, 0.05) is 4.91 Å². The largest absolute Gasteiger partial charge is 0.487 e. The molecule has 0 aliphatic carbocycles. The van der Waals surface area contributed by atoms with E-state index in [0.717, 1.165) is 59.5 Å². The van der Waals surface area contributed by atoms with E-state index in [9.17, 15) is 4.21 Å². The molecule has 2 nitrogen and oxygen atoms in total. The minimum Gasteiger partial charge on any atom is -0.487 e. The molecule has 3 heteroatoms. The molecule has 0 aromatic heterocycles. The molecule has 1 aliphatic heterocycles. The first-order valence-corrected chi connectivity index (χ1v) is 16.8. The molecule has 2 aromatic rings. The zero-order valence-corrected chi connectivity index (χ0v) is 26.5. The van der Waals surface area contributed by atoms with Crippen LogP contribution >= 0.6 is 0 Å². The van der Waals surface area contributed by atoms with Crippen molar-refractivity contribution in [2.24, 2.45) is 17.8 Å². The van der Waals surface area contributed by atoms with Gasteiger partial charge >= 0.3 is 0 Å². The van der Waals surface area contributed by atoms with Crippen LogP contribution in [0.4, 0.5) is 0 Å². The van der Waals surface area contributed by atoms with Crippen LogP contribution in [0.2, 0.25) is 0 Å². The Morgan fingerprint density at radius 2 is 1.56 bits per heavy atom. The molecular formula is C36H54O2S. The lowest BCUT2D eigenvalue weighted by molar-refractivity contribution is 0.0516. The molecule has 2 aromatic carbocycles. The SMILES string of the molecule is C=C(c1cc(C)c2c(c1)CC[C@@](C)(CCC[C@H](C)CCC[C@H](C)CCCC(C)C)O2)[S@@](=O)Cc1ccccc1. The van der Waals surface area contributed by atoms with Crippen molar-refractivity contribution in [3.63, 3.8) is 0 Å². The number of aryl methyl sites for hydroxylation is 2. The van der Waals surface area contributed by atoms with Crippen LogP contribution in [0.15, 0.2) is 49.0 Å². The molecular weight excluding hydrogens is 496 g/mol. The lowest BCUT2D eigenvalue weighted by Gasteiger charge is -2.37. The van der Waals surface area contributed by atoms with Gasteiger partial charge in [-0.05, 0) is 91.7 Å². The van der Waals surface area contributed by atoms with E-state index in [0.29, 0.717) is 10.7 Å². The summed E-state index contributed by atoms with van der Waals surface area (Å²) in [6.45, 7) is 18.2. The Kier molecular flexibility index (Phi) is 12.4. The second kappa shape index (κ2) is 15.2. The zero-order valence-electron chi connectivity index (χ0n) is 25.7. The van der Waals surface area contributed by atoms with Crippen molar-refractivity contribution in [1.82, 2.24) is 0 Å². The smallest absolute Gasteiger partial charge is 0.126 e. The van der Waals surface area contributed by atoms with Gasteiger partial charge in [-0.2, -0.15) is 0 Å². The number of hydrogen-bond donors (Lipinski definition) is 0. The van der Waals surface area contributed by atoms with Crippen molar-refractivity contribution >= 4 is 15.7 Å². The number of rotatable bonds is 16. The van der Waals surface area contributed by atoms with Gasteiger partial charge in [-0.3, -0.25) is 4.21 Å². The summed E-state index contributed by atoms with van der Waals surface area (Å²) in [7, 11) is -1.14. The summed E-state index contributed by atoms with van der Waals surface area (Å²) in [6, 6.07) is 14.3. The highest BCUT2D eigenvalue weighted by molar-refractivity contribution is 7.93. The van der Waals surface area contributed by atoms with Crippen molar-refractivity contribution < 1.29 is 8.95 Å². The fourth-order valence-corrected chi connectivity index (χ4v) is 7.01. The Morgan fingerprint density at radius 3 is 2.21 bits per heavy atom. The number of fused-ring (bicyclic) bond motifs is 1. The average molecular weight is 551 g/mol. The summed E-state index contributed by atoms with van der Waals surface area (Å²) >= 11 is 0. The molecule has 1 aliphatic rings. The van der Waals surface area contributed by atoms with Crippen LogP contribution < -0.4 is 4.74 Å². The van der Waals surface area contributed by atoms with Gasteiger partial charge in [0.25, 0.3) is 0 Å². The molecule has 0 radical (unpaired) electrons. The van der Waals surface area contributed by atoms with E-state index < -0.39 is 10.8 Å². The summed E-state index contributed by atoms with van der Waals surface area (Å²) in [6.07, 6.45) is 13.9. The lowest BCUT2D eigenvalue weighted by atomic mass is 9.85. The van der Waals surface area contributed by atoms with Crippen molar-refractivity contribution in [2.75, 3.05) is 0 Å². The van der Waals surface area contributed by atoms with Gasteiger partial charge in [-0.1, -0.05) is 110 Å². The third-order valence-electron chi connectivity index (χ3n) is 8.64. The molecule has 39 heavy (non-hydrogen) atoms. The van der Waals surface area contributed by atoms with Crippen LogP contribution in [-0.4, -0.2) is 9.81 Å². The van der Waals surface area contributed by atoms with E-state index in [1.165, 1.54) is 56.9 Å². The summed E-state index contributed by atoms with van der Waals surface area (Å²) < 4.78 is 19.7. The second-order valence-electron chi connectivity index (χ2n) is 13.1. The highest BCUT2D eigenvalue weighted by Gasteiger charge is 2.32. The maximum atomic E-state index is 13.0. The zero-order chi connectivity index (χ0) is 28.4. The Labute approximate surface area is 242 Å². The maximum Gasteiger partial charge on any atom is 0.126 e. The molecule has 0 unspecified atom stereocenters. The Morgan fingerprint density at radius 1 is 0.949 bits per heavy atom. The summed E-state index contributed by atoms with van der Waals surface area (Å²) in [4.78, 5) is 0.706. The van der Waals surface area contributed by atoms with E-state index in [1.54, 1.807) is 0 Å². The van der Waals surface area contributed by atoms with Crippen molar-refractivity contribution in [2.45, 2.75) is 124 Å². The van der Waals surface area contributed by atoms with Crippen LogP contribution in [-0.2, 0) is 23.0 Å². The van der Waals surface area contributed by atoms with Gasteiger partial charge in [0.15, 0.2) is 0 Å². The molecule has 3 rings (SSSR count). The summed E-state index contributed by atoms with van der Waals surface area (Å²) in [5.41, 5.74) is 4.32. The van der Waals surface area contributed by atoms with Gasteiger partial charge in [0.05, 0.1) is 16.6 Å². The first-order chi connectivity index (χ1) is 18.6. The molecule has 0 fully saturated rings. The van der Waals surface area contributed by atoms with E-state index in [1.807, 2.05) is 30.3 Å². The standard InChI is InChI=1S/C36H54O2S/c1-27(2)14-11-15-28(3)16-12-17-29(4)18-13-22-36(7)23-21-33-25-34(24-30(5)35(33)38-36)31(6)39(37)26-32-19-9-8-10-20-32/h8-10,19-20,24-25,27-29H,6,11-18,21-23,26H2,1-5,7H3/t28-,29-,36-,39+/m1/s1. The van der Waals surface area contributed by atoms with Crippen LogP contribution in [0.3, 0.4) is 0 Å². The van der Waals surface area contributed by atoms with E-state index in [-0.39, 0.29) is 5.60 Å². The Hall–Kier alpha value is -1.87. The molecule has 0 spiro atoms. The van der Waals surface area contributed by atoms with Crippen LogP contribution in [0.5, 0.6) is 5.75 Å². The molecule has 4 atom stereocenters. The highest BCUT2D eigenvalue weighted by atomic mass is 32.2. The number of hydrogen-bond acceptors (Lipinski definition) is 2. The predicted molar refractivity (Wildman–Crippen MR) is 171 cm³/mol. The van der Waals surface area contributed by atoms with Gasteiger partial charge in [0.1, 0.15) is 11.4 Å². The first-order valence-electron chi connectivity index (χ1n) is 15.5. The van der Waals surface area contributed by atoms with Crippen molar-refractivity contribution in [1.29, 1.82) is 0 Å². The van der Waals surface area contributed by atoms with Crippen LogP contribution in [0.25, 0.3) is 4.91 Å². The quantitative estimate of drug-likeness (QED) is 0.208. The van der Waals surface area contributed by atoms with E-state index in [2.05, 4.69) is 60.3 Å². The fraction of sp³-hybridized carbons (Fsp3) is 0.611. The molecule has 216 valence electrons. The van der Waals surface area contributed by atoms with E-state index in [4.69, 9.17) is 4.74 Å². The number of benzene rings is 2. The molecule has 1 heterocycles. The normalized spacial score (nSPS) is 19.3. The van der Waals surface area contributed by atoms with Gasteiger partial charge in [-0.25, -0.2) is 0 Å². The lowest BCUT2D eigenvalue weighted by Crippen LogP contribution is -2.36. The second-order valence-corrected chi connectivity index (χ2v) is 14.6. The molecule has 0 N–H and O–H groups in total. The predicted octanol–water partition coefficient (Wildman–Crippen LogP) is 10.4. The molecule has 0 bridgehead atoms. The van der Waals surface area contributed by atoms with Crippen LogP contribution in [0.1, 0.15) is 121 Å². The highest BCUT2D eigenvalue weighted by Crippen LogP contribution is 2.40. The van der Waals surface area contributed by atoms with Gasteiger partial charge in [0.2, 0.25) is 0 Å². The number of ether oxygens (including phenoxy) is 1. The third kappa shape index (κ3) is 10.2. The first kappa shape index (κ1) is 31.7. The fourth-order valence-electron chi connectivity index (χ4n) is 5.96. The molecule has 0 amide bonds. The topological polar surface area (TPSA) is 26.3 Å². The minimum atomic E-state index is -1.14. The van der Waals surface area contributed by atoms with Gasteiger partial charge < -0.3 is 4.74 Å². The Balaban J connectivity index is 1.45. The maximum absolute atomic E-state index is 13.0.